The molecule has 0 saturated carbocycles. The Hall–Kier alpha value is -2.53. The van der Waals surface area contributed by atoms with Crippen LogP contribution in [-0.2, 0) is 13.1 Å². The van der Waals surface area contributed by atoms with Crippen LogP contribution in [0.2, 0.25) is 0 Å². The molecule has 150 valence electrons. The monoisotopic (exact) mass is 379 g/mol. The first-order valence-electron chi connectivity index (χ1n) is 10.1. The Bertz CT molecular complexity index is 782. The van der Waals surface area contributed by atoms with Crippen molar-refractivity contribution >= 4 is 11.6 Å². The molecule has 2 aromatic carbocycles. The minimum atomic E-state index is 0.407. The molecular weight excluding hydrogens is 346 g/mol. The number of hydrogen-bond donors (Lipinski definition) is 2. The van der Waals surface area contributed by atoms with Crippen LogP contribution in [0.4, 0.5) is 5.69 Å². The van der Waals surface area contributed by atoms with Crippen LogP contribution in [0.5, 0.6) is 0 Å². The summed E-state index contributed by atoms with van der Waals surface area (Å²) in [5, 5.41) is 7.08. The van der Waals surface area contributed by atoms with Crippen LogP contribution in [0.3, 0.4) is 0 Å². The van der Waals surface area contributed by atoms with Crippen molar-refractivity contribution in [1.82, 2.24) is 15.5 Å². The molecule has 1 aliphatic rings. The van der Waals surface area contributed by atoms with E-state index in [0.29, 0.717) is 6.04 Å². The molecule has 0 aromatic heterocycles. The van der Waals surface area contributed by atoms with E-state index >= 15 is 0 Å². The highest BCUT2D eigenvalue weighted by Gasteiger charge is 2.23. The molecule has 0 spiro atoms. The Morgan fingerprint density at radius 2 is 1.82 bits per heavy atom. The molecule has 5 nitrogen and oxygen atoms in total. The number of aliphatic imine (C=N–C) groups is 1. The summed E-state index contributed by atoms with van der Waals surface area (Å²) in [6, 6.07) is 17.8. The Kier molecular flexibility index (Phi) is 6.93. The molecular formula is C23H33N5. The van der Waals surface area contributed by atoms with Crippen molar-refractivity contribution in [2.45, 2.75) is 32.5 Å². The van der Waals surface area contributed by atoms with Gasteiger partial charge in [0.25, 0.3) is 0 Å². The van der Waals surface area contributed by atoms with Crippen molar-refractivity contribution in [3.8, 4) is 0 Å². The second-order valence-corrected chi connectivity index (χ2v) is 7.84. The van der Waals surface area contributed by atoms with Gasteiger partial charge in [-0.25, -0.2) is 0 Å². The van der Waals surface area contributed by atoms with Gasteiger partial charge in [0.15, 0.2) is 5.96 Å². The number of hydrogen-bond acceptors (Lipinski definition) is 3. The fourth-order valence-electron chi connectivity index (χ4n) is 3.66. The normalized spacial score (nSPS) is 17.2. The van der Waals surface area contributed by atoms with Crippen molar-refractivity contribution in [3.05, 3.63) is 65.2 Å². The Morgan fingerprint density at radius 1 is 1.11 bits per heavy atom. The Balaban J connectivity index is 1.54. The Labute approximate surface area is 169 Å². The van der Waals surface area contributed by atoms with Gasteiger partial charge < -0.3 is 20.4 Å². The maximum Gasteiger partial charge on any atom is 0.191 e. The summed E-state index contributed by atoms with van der Waals surface area (Å²) in [4.78, 5) is 9.07. The molecule has 1 heterocycles. The van der Waals surface area contributed by atoms with Gasteiger partial charge in [-0.05, 0) is 50.7 Å². The van der Waals surface area contributed by atoms with Gasteiger partial charge in [-0.2, -0.15) is 0 Å². The molecule has 0 amide bonds. The van der Waals surface area contributed by atoms with E-state index < -0.39 is 0 Å². The third-order valence-corrected chi connectivity index (χ3v) is 5.20. The molecule has 1 saturated heterocycles. The lowest BCUT2D eigenvalue weighted by molar-refractivity contribution is 0.400. The molecule has 28 heavy (non-hydrogen) atoms. The quantitative estimate of drug-likeness (QED) is 0.598. The first kappa shape index (κ1) is 20.2. The van der Waals surface area contributed by atoms with Crippen LogP contribution in [0.1, 0.15) is 23.1 Å². The summed E-state index contributed by atoms with van der Waals surface area (Å²) in [7, 11) is 6.04. The standard InChI is InChI=1S/C23H33N5/c1-18-9-11-22(12-10-18)28-14-13-21(17-28)26-23(24-2)25-15-19-7-5-6-8-20(19)16-27(3)4/h5-12,21H,13-17H2,1-4H3,(H2,24,25,26). The highest BCUT2D eigenvalue weighted by molar-refractivity contribution is 5.80. The topological polar surface area (TPSA) is 42.9 Å². The molecule has 0 radical (unpaired) electrons. The van der Waals surface area contributed by atoms with E-state index in [1.54, 1.807) is 0 Å². The maximum atomic E-state index is 4.43. The fourth-order valence-corrected chi connectivity index (χ4v) is 3.66. The molecule has 1 unspecified atom stereocenters. The Morgan fingerprint density at radius 3 is 2.50 bits per heavy atom. The molecule has 0 bridgehead atoms. The van der Waals surface area contributed by atoms with Gasteiger partial charge in [-0.1, -0.05) is 42.0 Å². The lowest BCUT2D eigenvalue weighted by atomic mass is 10.1. The number of benzene rings is 2. The summed E-state index contributed by atoms with van der Waals surface area (Å²) in [5.41, 5.74) is 5.26. The summed E-state index contributed by atoms with van der Waals surface area (Å²) in [6.07, 6.45) is 1.12. The van der Waals surface area contributed by atoms with Gasteiger partial charge in [0.05, 0.1) is 0 Å². The third kappa shape index (κ3) is 5.49. The van der Waals surface area contributed by atoms with E-state index in [4.69, 9.17) is 0 Å². The van der Waals surface area contributed by atoms with Gasteiger partial charge in [0.1, 0.15) is 0 Å². The van der Waals surface area contributed by atoms with Gasteiger partial charge in [0.2, 0.25) is 0 Å². The summed E-state index contributed by atoms with van der Waals surface area (Å²) in [5.74, 6) is 0.871. The number of nitrogens with zero attached hydrogens (tertiary/aromatic N) is 3. The van der Waals surface area contributed by atoms with E-state index in [0.717, 1.165) is 38.6 Å². The van der Waals surface area contributed by atoms with Crippen molar-refractivity contribution in [3.63, 3.8) is 0 Å². The van der Waals surface area contributed by atoms with Crippen LogP contribution in [0, 0.1) is 6.92 Å². The van der Waals surface area contributed by atoms with Gasteiger partial charge in [-0.3, -0.25) is 4.99 Å². The van der Waals surface area contributed by atoms with E-state index in [1.165, 1.54) is 22.4 Å². The number of nitrogens with one attached hydrogen (secondary N) is 2. The van der Waals surface area contributed by atoms with Gasteiger partial charge >= 0.3 is 0 Å². The molecule has 1 aliphatic heterocycles. The van der Waals surface area contributed by atoms with E-state index in [2.05, 4.69) is 95.0 Å². The largest absolute Gasteiger partial charge is 0.369 e. The van der Waals surface area contributed by atoms with Crippen molar-refractivity contribution in [2.24, 2.45) is 4.99 Å². The molecule has 0 aliphatic carbocycles. The van der Waals surface area contributed by atoms with Gasteiger partial charge in [-0.15, -0.1) is 0 Å². The van der Waals surface area contributed by atoms with Crippen LogP contribution < -0.4 is 15.5 Å². The first-order valence-corrected chi connectivity index (χ1v) is 10.1. The SMILES string of the molecule is CN=C(NCc1ccccc1CN(C)C)NC1CCN(c2ccc(C)cc2)C1. The first-order chi connectivity index (χ1) is 13.5. The summed E-state index contributed by atoms with van der Waals surface area (Å²) >= 11 is 0. The molecule has 3 rings (SSSR count). The van der Waals surface area contributed by atoms with Crippen molar-refractivity contribution < 1.29 is 0 Å². The highest BCUT2D eigenvalue weighted by atomic mass is 15.2. The summed E-state index contributed by atoms with van der Waals surface area (Å²) < 4.78 is 0. The smallest absolute Gasteiger partial charge is 0.191 e. The second-order valence-electron chi connectivity index (χ2n) is 7.84. The lowest BCUT2D eigenvalue weighted by Gasteiger charge is -2.21. The van der Waals surface area contributed by atoms with E-state index in [9.17, 15) is 0 Å². The third-order valence-electron chi connectivity index (χ3n) is 5.20. The van der Waals surface area contributed by atoms with Gasteiger partial charge in [0, 0.05) is 45.0 Å². The predicted molar refractivity (Wildman–Crippen MR) is 119 cm³/mol. The molecule has 5 heteroatoms. The average Bonchev–Trinajstić information content (AvgIpc) is 3.15. The summed E-state index contributed by atoms with van der Waals surface area (Å²) in [6.45, 7) is 5.92. The molecule has 1 atom stereocenters. The highest BCUT2D eigenvalue weighted by Crippen LogP contribution is 2.20. The van der Waals surface area contributed by atoms with Crippen molar-refractivity contribution in [2.75, 3.05) is 39.1 Å². The number of guanidine groups is 1. The number of aryl methyl sites for hydroxylation is 1. The molecule has 1 fully saturated rings. The zero-order valence-corrected chi connectivity index (χ0v) is 17.6. The van der Waals surface area contributed by atoms with Crippen LogP contribution in [0.25, 0.3) is 0 Å². The predicted octanol–water partition coefficient (Wildman–Crippen LogP) is 3.00. The zero-order valence-electron chi connectivity index (χ0n) is 17.6. The maximum absolute atomic E-state index is 4.43. The second kappa shape index (κ2) is 9.60. The van der Waals surface area contributed by atoms with Crippen LogP contribution >= 0.6 is 0 Å². The zero-order chi connectivity index (χ0) is 19.9. The van der Waals surface area contributed by atoms with E-state index in [1.807, 2.05) is 7.05 Å². The average molecular weight is 380 g/mol. The number of rotatable bonds is 6. The minimum Gasteiger partial charge on any atom is -0.369 e. The molecule has 2 N–H and O–H groups in total. The van der Waals surface area contributed by atoms with Crippen LogP contribution in [-0.4, -0.2) is 51.1 Å². The van der Waals surface area contributed by atoms with E-state index in [-0.39, 0.29) is 0 Å². The van der Waals surface area contributed by atoms with Crippen molar-refractivity contribution in [1.29, 1.82) is 0 Å². The lowest BCUT2D eigenvalue weighted by Crippen LogP contribution is -2.44. The number of anilines is 1. The molecule has 2 aromatic rings. The fraction of sp³-hybridized carbons (Fsp3) is 0.435. The minimum absolute atomic E-state index is 0.407. The van der Waals surface area contributed by atoms with Crippen LogP contribution in [0.15, 0.2) is 53.5 Å².